The van der Waals surface area contributed by atoms with E-state index in [0.717, 1.165) is 29.8 Å². The van der Waals surface area contributed by atoms with E-state index >= 15 is 0 Å². The first-order valence-corrected chi connectivity index (χ1v) is 5.45. The van der Waals surface area contributed by atoms with Gasteiger partial charge in [0.25, 0.3) is 0 Å². The van der Waals surface area contributed by atoms with Crippen LogP contribution in [0.5, 0.6) is 0 Å². The van der Waals surface area contributed by atoms with Crippen molar-refractivity contribution in [1.82, 2.24) is 9.97 Å². The Morgan fingerprint density at radius 2 is 2.00 bits per heavy atom. The molecule has 0 aliphatic rings. The second-order valence-corrected chi connectivity index (χ2v) is 3.59. The summed E-state index contributed by atoms with van der Waals surface area (Å²) in [4.78, 5) is 8.73. The zero-order valence-electron chi connectivity index (χ0n) is 8.28. The largest absolute Gasteiger partial charge is 0.369 e. The Bertz CT molecular complexity index is 445. The molecule has 0 radical (unpaired) electrons. The van der Waals surface area contributed by atoms with Crippen molar-refractivity contribution in [3.05, 3.63) is 30.5 Å². The summed E-state index contributed by atoms with van der Waals surface area (Å²) in [6.45, 7) is 0.830. The first-order valence-electron chi connectivity index (χ1n) is 4.92. The highest BCUT2D eigenvalue weighted by Gasteiger charge is 1.97. The average Bonchev–Trinajstić information content (AvgIpc) is 2.29. The van der Waals surface area contributed by atoms with Gasteiger partial charge in [-0.15, -0.1) is 11.6 Å². The van der Waals surface area contributed by atoms with Gasteiger partial charge >= 0.3 is 0 Å². The molecule has 0 spiro atoms. The number of fused-ring (bicyclic) bond motifs is 1. The molecule has 4 heteroatoms. The van der Waals surface area contributed by atoms with E-state index in [4.69, 9.17) is 11.6 Å². The number of hydrogen-bond acceptors (Lipinski definition) is 3. The Morgan fingerprint density at radius 3 is 2.80 bits per heavy atom. The third kappa shape index (κ3) is 2.57. The van der Waals surface area contributed by atoms with E-state index in [1.807, 2.05) is 24.3 Å². The number of halogens is 1. The molecule has 0 bridgehead atoms. The highest BCUT2D eigenvalue weighted by molar-refractivity contribution is 6.17. The number of nitrogens with zero attached hydrogens (tertiary/aromatic N) is 2. The molecule has 0 aliphatic carbocycles. The van der Waals surface area contributed by atoms with Crippen LogP contribution in [0.4, 0.5) is 5.82 Å². The molecule has 0 unspecified atom stereocenters. The van der Waals surface area contributed by atoms with Crippen molar-refractivity contribution >= 4 is 28.5 Å². The van der Waals surface area contributed by atoms with Crippen LogP contribution in [0.25, 0.3) is 11.0 Å². The number of para-hydroxylation sites is 2. The fourth-order valence-corrected chi connectivity index (χ4v) is 1.46. The van der Waals surface area contributed by atoms with Gasteiger partial charge in [0.1, 0.15) is 5.82 Å². The molecule has 1 aromatic carbocycles. The molecule has 2 aromatic rings. The summed E-state index contributed by atoms with van der Waals surface area (Å²) in [7, 11) is 0. The van der Waals surface area contributed by atoms with Crippen molar-refractivity contribution in [2.75, 3.05) is 17.7 Å². The van der Waals surface area contributed by atoms with Crippen molar-refractivity contribution < 1.29 is 0 Å². The van der Waals surface area contributed by atoms with Crippen molar-refractivity contribution in [3.63, 3.8) is 0 Å². The maximum absolute atomic E-state index is 5.59. The molecule has 15 heavy (non-hydrogen) atoms. The average molecular weight is 222 g/mol. The van der Waals surface area contributed by atoms with Crippen LogP contribution >= 0.6 is 11.6 Å². The van der Waals surface area contributed by atoms with E-state index < -0.39 is 0 Å². The summed E-state index contributed by atoms with van der Waals surface area (Å²) < 4.78 is 0. The quantitative estimate of drug-likeness (QED) is 0.637. The second kappa shape index (κ2) is 4.94. The lowest BCUT2D eigenvalue weighted by Gasteiger charge is -2.04. The Hall–Kier alpha value is -1.35. The van der Waals surface area contributed by atoms with Crippen LogP contribution in [0.3, 0.4) is 0 Å². The van der Waals surface area contributed by atoms with Crippen molar-refractivity contribution in [1.29, 1.82) is 0 Å². The summed E-state index contributed by atoms with van der Waals surface area (Å²) in [5.41, 5.74) is 1.83. The molecule has 0 fully saturated rings. The Morgan fingerprint density at radius 1 is 1.20 bits per heavy atom. The molecule has 2 rings (SSSR count). The zero-order valence-corrected chi connectivity index (χ0v) is 9.04. The third-order valence-electron chi connectivity index (χ3n) is 2.07. The van der Waals surface area contributed by atoms with Crippen LogP contribution in [0.2, 0.25) is 0 Å². The topological polar surface area (TPSA) is 37.8 Å². The van der Waals surface area contributed by atoms with Crippen molar-refractivity contribution in [2.45, 2.75) is 6.42 Å². The predicted octanol–water partition coefficient (Wildman–Crippen LogP) is 2.67. The van der Waals surface area contributed by atoms with Gasteiger partial charge < -0.3 is 5.32 Å². The number of alkyl halides is 1. The molecule has 0 atom stereocenters. The number of hydrogen-bond donors (Lipinski definition) is 1. The normalized spacial score (nSPS) is 10.5. The van der Waals surface area contributed by atoms with Crippen LogP contribution in [-0.4, -0.2) is 22.4 Å². The number of anilines is 1. The number of benzene rings is 1. The van der Waals surface area contributed by atoms with Gasteiger partial charge in [-0.05, 0) is 18.6 Å². The zero-order chi connectivity index (χ0) is 10.5. The summed E-state index contributed by atoms with van der Waals surface area (Å²) >= 11 is 5.59. The Labute approximate surface area is 93.5 Å². The van der Waals surface area contributed by atoms with E-state index in [-0.39, 0.29) is 0 Å². The second-order valence-electron chi connectivity index (χ2n) is 3.21. The molecule has 0 saturated carbocycles. The minimum Gasteiger partial charge on any atom is -0.369 e. The number of rotatable bonds is 4. The summed E-state index contributed by atoms with van der Waals surface area (Å²) in [6.07, 6.45) is 2.67. The van der Waals surface area contributed by atoms with Crippen LogP contribution < -0.4 is 5.32 Å². The number of nitrogens with one attached hydrogen (secondary N) is 1. The molecule has 1 N–H and O–H groups in total. The van der Waals surface area contributed by atoms with Crippen LogP contribution in [0.15, 0.2) is 30.5 Å². The van der Waals surface area contributed by atoms with E-state index in [2.05, 4.69) is 15.3 Å². The highest BCUT2D eigenvalue weighted by atomic mass is 35.5. The molecular formula is C11H12ClN3. The van der Waals surface area contributed by atoms with Gasteiger partial charge in [-0.3, -0.25) is 4.98 Å². The Balaban J connectivity index is 2.16. The van der Waals surface area contributed by atoms with Crippen molar-refractivity contribution in [3.8, 4) is 0 Å². The standard InChI is InChI=1S/C11H12ClN3/c12-6-3-7-13-11-8-14-9-4-1-2-5-10(9)15-11/h1-2,4-5,8H,3,6-7H2,(H,13,15). The first-order chi connectivity index (χ1) is 7.40. The fraction of sp³-hybridized carbons (Fsp3) is 0.273. The monoisotopic (exact) mass is 221 g/mol. The van der Waals surface area contributed by atoms with Gasteiger partial charge in [-0.1, -0.05) is 12.1 Å². The van der Waals surface area contributed by atoms with E-state index in [0.29, 0.717) is 5.88 Å². The lowest BCUT2D eigenvalue weighted by molar-refractivity contribution is 0.976. The summed E-state index contributed by atoms with van der Waals surface area (Å²) in [6, 6.07) is 7.82. The minimum atomic E-state index is 0.661. The lowest BCUT2D eigenvalue weighted by atomic mass is 10.3. The third-order valence-corrected chi connectivity index (χ3v) is 2.33. The van der Waals surface area contributed by atoms with E-state index in [1.165, 1.54) is 0 Å². The summed E-state index contributed by atoms with van der Waals surface area (Å²) in [5, 5.41) is 3.18. The maximum Gasteiger partial charge on any atom is 0.145 e. The molecule has 1 heterocycles. The van der Waals surface area contributed by atoms with Gasteiger partial charge in [0.15, 0.2) is 0 Å². The molecular weight excluding hydrogens is 210 g/mol. The molecule has 78 valence electrons. The molecule has 0 amide bonds. The van der Waals surface area contributed by atoms with Crippen LogP contribution in [-0.2, 0) is 0 Å². The van der Waals surface area contributed by atoms with E-state index in [9.17, 15) is 0 Å². The van der Waals surface area contributed by atoms with Gasteiger partial charge in [-0.25, -0.2) is 4.98 Å². The summed E-state index contributed by atoms with van der Waals surface area (Å²) in [5.74, 6) is 1.47. The van der Waals surface area contributed by atoms with Crippen LogP contribution in [0, 0.1) is 0 Å². The highest BCUT2D eigenvalue weighted by Crippen LogP contribution is 2.10. The maximum atomic E-state index is 5.59. The molecule has 0 saturated heterocycles. The molecule has 3 nitrogen and oxygen atoms in total. The van der Waals surface area contributed by atoms with Gasteiger partial charge in [-0.2, -0.15) is 0 Å². The predicted molar refractivity (Wildman–Crippen MR) is 63.4 cm³/mol. The smallest absolute Gasteiger partial charge is 0.145 e. The minimum absolute atomic E-state index is 0.661. The number of aromatic nitrogens is 2. The van der Waals surface area contributed by atoms with E-state index in [1.54, 1.807) is 6.20 Å². The molecule has 1 aromatic heterocycles. The first kappa shape index (κ1) is 10.2. The van der Waals surface area contributed by atoms with Crippen LogP contribution in [0.1, 0.15) is 6.42 Å². The van der Waals surface area contributed by atoms with Crippen molar-refractivity contribution in [2.24, 2.45) is 0 Å². The lowest BCUT2D eigenvalue weighted by Crippen LogP contribution is -2.04. The van der Waals surface area contributed by atoms with Gasteiger partial charge in [0.2, 0.25) is 0 Å². The Kier molecular flexibility index (Phi) is 3.35. The van der Waals surface area contributed by atoms with Gasteiger partial charge in [0, 0.05) is 12.4 Å². The fourth-order valence-electron chi connectivity index (χ4n) is 1.33. The molecule has 0 aliphatic heterocycles. The SMILES string of the molecule is ClCCCNc1cnc2ccccc2n1. The van der Waals surface area contributed by atoms with Gasteiger partial charge in [0.05, 0.1) is 17.2 Å².